The minimum absolute atomic E-state index is 0.301. The zero-order valence-electron chi connectivity index (χ0n) is 9.46. The summed E-state index contributed by atoms with van der Waals surface area (Å²) in [7, 11) is 0. The standard InChI is InChI=1S/C11H15N5/c1-8(2)16-10(14-7-15-16)6-9-4-3-5-13-11(9)12/h3-5,7-8H,6H2,1-2H3,(H2,12,13). The van der Waals surface area contributed by atoms with Crippen LogP contribution in [0.1, 0.15) is 31.3 Å². The molecule has 0 unspecified atom stereocenters. The second-order valence-electron chi connectivity index (χ2n) is 3.94. The molecule has 2 rings (SSSR count). The molecule has 0 aliphatic carbocycles. The van der Waals surface area contributed by atoms with Gasteiger partial charge < -0.3 is 5.73 Å². The Hall–Kier alpha value is -1.91. The fraction of sp³-hybridized carbons (Fsp3) is 0.364. The van der Waals surface area contributed by atoms with Crippen LogP contribution in [0.4, 0.5) is 5.82 Å². The van der Waals surface area contributed by atoms with Gasteiger partial charge in [-0.05, 0) is 19.9 Å². The molecular weight excluding hydrogens is 202 g/mol. The third-order valence-corrected chi connectivity index (χ3v) is 2.41. The van der Waals surface area contributed by atoms with Gasteiger partial charge in [-0.2, -0.15) is 5.10 Å². The number of hydrogen-bond donors (Lipinski definition) is 1. The van der Waals surface area contributed by atoms with Crippen LogP contribution in [0, 0.1) is 0 Å². The van der Waals surface area contributed by atoms with Crippen molar-refractivity contribution in [3.63, 3.8) is 0 Å². The van der Waals surface area contributed by atoms with Crippen LogP contribution in [-0.4, -0.2) is 19.7 Å². The van der Waals surface area contributed by atoms with Crippen molar-refractivity contribution >= 4 is 5.82 Å². The van der Waals surface area contributed by atoms with Gasteiger partial charge in [-0.3, -0.25) is 0 Å². The first-order chi connectivity index (χ1) is 7.68. The van der Waals surface area contributed by atoms with E-state index in [2.05, 4.69) is 28.9 Å². The topological polar surface area (TPSA) is 69.6 Å². The van der Waals surface area contributed by atoms with Crippen molar-refractivity contribution in [1.82, 2.24) is 19.7 Å². The van der Waals surface area contributed by atoms with Crippen LogP contribution in [0.25, 0.3) is 0 Å². The van der Waals surface area contributed by atoms with E-state index in [4.69, 9.17) is 5.73 Å². The maximum absolute atomic E-state index is 5.79. The van der Waals surface area contributed by atoms with Crippen LogP contribution in [0.15, 0.2) is 24.7 Å². The van der Waals surface area contributed by atoms with Crippen molar-refractivity contribution in [3.8, 4) is 0 Å². The monoisotopic (exact) mass is 217 g/mol. The number of hydrogen-bond acceptors (Lipinski definition) is 4. The Bertz CT molecular complexity index is 475. The lowest BCUT2D eigenvalue weighted by Crippen LogP contribution is -2.09. The van der Waals surface area contributed by atoms with Gasteiger partial charge in [0.15, 0.2) is 0 Å². The van der Waals surface area contributed by atoms with Crippen molar-refractivity contribution in [2.75, 3.05) is 5.73 Å². The summed E-state index contributed by atoms with van der Waals surface area (Å²) in [6, 6.07) is 4.14. The summed E-state index contributed by atoms with van der Waals surface area (Å²) in [4.78, 5) is 8.30. The lowest BCUT2D eigenvalue weighted by Gasteiger charge is -2.09. The Morgan fingerprint density at radius 2 is 2.19 bits per heavy atom. The van der Waals surface area contributed by atoms with Crippen molar-refractivity contribution in [2.45, 2.75) is 26.3 Å². The van der Waals surface area contributed by atoms with Crippen LogP contribution in [0.2, 0.25) is 0 Å². The first kappa shape index (κ1) is 10.6. The minimum atomic E-state index is 0.301. The zero-order chi connectivity index (χ0) is 11.5. The van der Waals surface area contributed by atoms with E-state index in [-0.39, 0.29) is 0 Å². The lowest BCUT2D eigenvalue weighted by atomic mass is 10.2. The van der Waals surface area contributed by atoms with E-state index in [1.165, 1.54) is 0 Å². The molecule has 2 N–H and O–H groups in total. The Balaban J connectivity index is 2.27. The quantitative estimate of drug-likeness (QED) is 0.844. The smallest absolute Gasteiger partial charge is 0.138 e. The summed E-state index contributed by atoms with van der Waals surface area (Å²) in [6.07, 6.45) is 3.92. The van der Waals surface area contributed by atoms with Gasteiger partial charge in [0.2, 0.25) is 0 Å². The van der Waals surface area contributed by atoms with Crippen LogP contribution < -0.4 is 5.73 Å². The highest BCUT2D eigenvalue weighted by molar-refractivity contribution is 5.40. The molecule has 0 saturated heterocycles. The van der Waals surface area contributed by atoms with E-state index in [9.17, 15) is 0 Å². The fourth-order valence-corrected chi connectivity index (χ4v) is 1.60. The largest absolute Gasteiger partial charge is 0.383 e. The van der Waals surface area contributed by atoms with Gasteiger partial charge in [0.25, 0.3) is 0 Å². The van der Waals surface area contributed by atoms with Crippen LogP contribution >= 0.6 is 0 Å². The summed E-state index contributed by atoms with van der Waals surface area (Å²) in [5.41, 5.74) is 6.78. The molecule has 16 heavy (non-hydrogen) atoms. The highest BCUT2D eigenvalue weighted by atomic mass is 15.3. The Morgan fingerprint density at radius 3 is 2.88 bits per heavy atom. The molecule has 84 valence electrons. The molecule has 5 nitrogen and oxygen atoms in total. The van der Waals surface area contributed by atoms with Crippen molar-refractivity contribution in [2.24, 2.45) is 0 Å². The number of nitrogens with zero attached hydrogens (tertiary/aromatic N) is 4. The Morgan fingerprint density at radius 1 is 1.38 bits per heavy atom. The van der Waals surface area contributed by atoms with Crippen molar-refractivity contribution in [3.05, 3.63) is 36.0 Å². The number of aromatic nitrogens is 4. The highest BCUT2D eigenvalue weighted by Gasteiger charge is 2.09. The third kappa shape index (κ3) is 2.03. The minimum Gasteiger partial charge on any atom is -0.383 e. The molecule has 0 fully saturated rings. The molecule has 0 spiro atoms. The number of nitrogens with two attached hydrogens (primary N) is 1. The molecule has 0 radical (unpaired) electrons. The highest BCUT2D eigenvalue weighted by Crippen LogP contribution is 2.14. The lowest BCUT2D eigenvalue weighted by molar-refractivity contribution is 0.510. The van der Waals surface area contributed by atoms with Gasteiger partial charge in [0, 0.05) is 24.2 Å². The van der Waals surface area contributed by atoms with Crippen LogP contribution in [0.3, 0.4) is 0 Å². The normalized spacial score (nSPS) is 10.9. The third-order valence-electron chi connectivity index (χ3n) is 2.41. The fourth-order valence-electron chi connectivity index (χ4n) is 1.60. The van der Waals surface area contributed by atoms with Gasteiger partial charge in [-0.1, -0.05) is 6.07 Å². The summed E-state index contributed by atoms with van der Waals surface area (Å²) < 4.78 is 1.90. The van der Waals surface area contributed by atoms with E-state index in [0.717, 1.165) is 11.4 Å². The van der Waals surface area contributed by atoms with E-state index < -0.39 is 0 Å². The molecule has 2 aromatic heterocycles. The number of pyridine rings is 1. The molecule has 2 aromatic rings. The summed E-state index contributed by atoms with van der Waals surface area (Å²) in [5, 5.41) is 4.19. The van der Waals surface area contributed by atoms with Gasteiger partial charge in [0.05, 0.1) is 0 Å². The van der Waals surface area contributed by atoms with Crippen LogP contribution in [0.5, 0.6) is 0 Å². The van der Waals surface area contributed by atoms with E-state index in [0.29, 0.717) is 18.3 Å². The molecule has 0 aromatic carbocycles. The maximum atomic E-state index is 5.79. The molecule has 0 aliphatic heterocycles. The number of nitrogen functional groups attached to an aromatic ring is 1. The SMILES string of the molecule is CC(C)n1ncnc1Cc1cccnc1N. The molecule has 0 aliphatic rings. The average Bonchev–Trinajstić information content (AvgIpc) is 2.69. The van der Waals surface area contributed by atoms with E-state index >= 15 is 0 Å². The van der Waals surface area contributed by atoms with Crippen LogP contribution in [-0.2, 0) is 6.42 Å². The summed E-state index contributed by atoms with van der Waals surface area (Å²) in [5.74, 6) is 1.47. The second kappa shape index (κ2) is 4.30. The van der Waals surface area contributed by atoms with E-state index in [1.54, 1.807) is 12.5 Å². The molecule has 5 heteroatoms. The second-order valence-corrected chi connectivity index (χ2v) is 3.94. The van der Waals surface area contributed by atoms with Gasteiger partial charge >= 0.3 is 0 Å². The molecule has 2 heterocycles. The number of anilines is 1. The number of rotatable bonds is 3. The molecular formula is C11H15N5. The predicted octanol–water partition coefficient (Wildman–Crippen LogP) is 1.43. The Kier molecular flexibility index (Phi) is 2.85. The van der Waals surface area contributed by atoms with Crippen molar-refractivity contribution in [1.29, 1.82) is 0 Å². The average molecular weight is 217 g/mol. The van der Waals surface area contributed by atoms with Crippen molar-refractivity contribution < 1.29 is 0 Å². The van der Waals surface area contributed by atoms with Gasteiger partial charge in [-0.25, -0.2) is 14.6 Å². The first-order valence-corrected chi connectivity index (χ1v) is 5.26. The predicted molar refractivity (Wildman–Crippen MR) is 61.9 cm³/mol. The van der Waals surface area contributed by atoms with Gasteiger partial charge in [-0.15, -0.1) is 0 Å². The molecule has 0 amide bonds. The van der Waals surface area contributed by atoms with Gasteiger partial charge in [0.1, 0.15) is 18.0 Å². The summed E-state index contributed by atoms with van der Waals surface area (Å²) in [6.45, 7) is 4.15. The zero-order valence-corrected chi connectivity index (χ0v) is 9.46. The summed E-state index contributed by atoms with van der Waals surface area (Å²) >= 11 is 0. The Labute approximate surface area is 94.3 Å². The van der Waals surface area contributed by atoms with E-state index in [1.807, 2.05) is 16.8 Å². The molecule has 0 atom stereocenters. The molecule has 0 bridgehead atoms. The maximum Gasteiger partial charge on any atom is 0.138 e. The molecule has 0 saturated carbocycles. The first-order valence-electron chi connectivity index (χ1n) is 5.26.